The molecule has 0 saturated heterocycles. The largest absolute Gasteiger partial charge is 0.473 e. The smallest absolute Gasteiger partial charge is 0.277 e. The minimum Gasteiger partial charge on any atom is -0.473 e. The maximum absolute atomic E-state index is 12.1. The summed E-state index contributed by atoms with van der Waals surface area (Å²) in [5.41, 5.74) is 5.07. The Balaban J connectivity index is 2.10. The van der Waals surface area contributed by atoms with Gasteiger partial charge in [0.2, 0.25) is 5.90 Å². The first-order valence-electron chi connectivity index (χ1n) is 7.83. The number of nitrogens with zero attached hydrogens (tertiary/aromatic N) is 2. The summed E-state index contributed by atoms with van der Waals surface area (Å²) in [7, 11) is 0. The molecule has 2 heterocycles. The zero-order valence-corrected chi connectivity index (χ0v) is 13.8. The number of benzene rings is 1. The fourth-order valence-electron chi connectivity index (χ4n) is 2.69. The quantitative estimate of drug-likeness (QED) is 0.882. The number of hydrogen-bond acceptors (Lipinski definition) is 3. The van der Waals surface area contributed by atoms with E-state index in [0.29, 0.717) is 17.5 Å². The highest BCUT2D eigenvalue weighted by molar-refractivity contribution is 6.25. The van der Waals surface area contributed by atoms with Gasteiger partial charge in [0, 0.05) is 28.7 Å². The van der Waals surface area contributed by atoms with Crippen LogP contribution in [-0.2, 0) is 9.53 Å². The number of hydrazone groups is 1. The van der Waals surface area contributed by atoms with Crippen molar-refractivity contribution in [2.24, 2.45) is 5.10 Å². The molecule has 5 nitrogen and oxygen atoms in total. The van der Waals surface area contributed by atoms with Gasteiger partial charge >= 0.3 is 0 Å². The molecule has 120 valence electrons. The molecule has 0 aliphatic carbocycles. The Labute approximate surface area is 135 Å². The van der Waals surface area contributed by atoms with Crippen LogP contribution >= 0.6 is 0 Å². The Morgan fingerprint density at radius 2 is 1.96 bits per heavy atom. The van der Waals surface area contributed by atoms with Crippen molar-refractivity contribution in [3.63, 3.8) is 0 Å². The second-order valence-electron chi connectivity index (χ2n) is 6.19. The molecule has 23 heavy (non-hydrogen) atoms. The predicted octanol–water partition coefficient (Wildman–Crippen LogP) is 3.47. The number of aromatic nitrogens is 1. The van der Waals surface area contributed by atoms with Crippen LogP contribution in [-0.4, -0.2) is 22.5 Å². The maximum atomic E-state index is 12.1. The van der Waals surface area contributed by atoms with Crippen LogP contribution in [0.1, 0.15) is 39.3 Å². The number of carbonyl (C=O) groups excluding carboxylic acids is 1. The molecule has 5 heteroatoms. The first kappa shape index (κ1) is 15.3. The highest BCUT2D eigenvalue weighted by atomic mass is 16.5. The van der Waals surface area contributed by atoms with Crippen LogP contribution in [0, 0.1) is 0 Å². The molecule has 3 rings (SSSR count). The molecule has 1 N–H and O–H groups in total. The summed E-state index contributed by atoms with van der Waals surface area (Å²) in [6.45, 7) is 8.10. The molecule has 0 bridgehead atoms. The molecule has 1 aliphatic rings. The lowest BCUT2D eigenvalue weighted by molar-refractivity contribution is -0.116. The van der Waals surface area contributed by atoms with Crippen molar-refractivity contribution in [3.05, 3.63) is 41.6 Å². The van der Waals surface area contributed by atoms with E-state index >= 15 is 0 Å². The number of hydrogen-bond donors (Lipinski definition) is 1. The molecule has 1 aliphatic heterocycles. The lowest BCUT2D eigenvalue weighted by Gasteiger charge is -2.08. The number of amides is 1. The Bertz CT molecular complexity index is 813. The number of rotatable bonds is 3. The van der Waals surface area contributed by atoms with Crippen molar-refractivity contribution in [2.45, 2.75) is 39.8 Å². The minimum absolute atomic E-state index is 0.0399. The molecule has 0 atom stereocenters. The second kappa shape index (κ2) is 5.91. The van der Waals surface area contributed by atoms with Crippen LogP contribution in [0.4, 0.5) is 0 Å². The standard InChI is InChI=1S/C18H21N3O2/c1-11(2)21-10-13(14-7-5-6-8-16(14)21)9-15-17(22)19-20-18(15)23-12(3)4/h5-12H,1-4H3,(H,19,22). The molecule has 2 aromatic rings. The van der Waals surface area contributed by atoms with Crippen molar-refractivity contribution >= 4 is 28.8 Å². The molecule has 0 unspecified atom stereocenters. The molecular weight excluding hydrogens is 290 g/mol. The van der Waals surface area contributed by atoms with Gasteiger partial charge in [-0.25, -0.2) is 5.43 Å². The molecule has 1 aromatic heterocycles. The van der Waals surface area contributed by atoms with Gasteiger partial charge in [-0.05, 0) is 39.8 Å². The van der Waals surface area contributed by atoms with Crippen LogP contribution in [0.15, 0.2) is 41.1 Å². The fraction of sp³-hybridized carbons (Fsp3) is 0.333. The number of carbonyl (C=O) groups is 1. The van der Waals surface area contributed by atoms with Gasteiger partial charge in [-0.2, -0.15) is 0 Å². The van der Waals surface area contributed by atoms with Gasteiger partial charge in [-0.1, -0.05) is 18.2 Å². The van der Waals surface area contributed by atoms with Gasteiger partial charge in [0.25, 0.3) is 5.91 Å². The van der Waals surface area contributed by atoms with E-state index < -0.39 is 0 Å². The van der Waals surface area contributed by atoms with Crippen molar-refractivity contribution in [3.8, 4) is 0 Å². The van der Waals surface area contributed by atoms with Crippen molar-refractivity contribution in [2.75, 3.05) is 0 Å². The number of fused-ring (bicyclic) bond motifs is 1. The highest BCUT2D eigenvalue weighted by Crippen LogP contribution is 2.27. The first-order chi connectivity index (χ1) is 11.0. The topological polar surface area (TPSA) is 55.6 Å². The lowest BCUT2D eigenvalue weighted by Crippen LogP contribution is -2.16. The zero-order chi connectivity index (χ0) is 16.6. The molecule has 0 fully saturated rings. The van der Waals surface area contributed by atoms with Crippen LogP contribution in [0.25, 0.3) is 17.0 Å². The predicted molar refractivity (Wildman–Crippen MR) is 92.1 cm³/mol. The third-order valence-electron chi connectivity index (χ3n) is 3.71. The van der Waals surface area contributed by atoms with Gasteiger partial charge in [0.15, 0.2) is 0 Å². The summed E-state index contributed by atoms with van der Waals surface area (Å²) in [4.78, 5) is 12.1. The number of ether oxygens (including phenoxy) is 1. The van der Waals surface area contributed by atoms with Crippen LogP contribution in [0.2, 0.25) is 0 Å². The van der Waals surface area contributed by atoms with E-state index in [-0.39, 0.29) is 12.0 Å². The summed E-state index contributed by atoms with van der Waals surface area (Å²) in [6.07, 6.45) is 3.88. The van der Waals surface area contributed by atoms with Crippen molar-refractivity contribution in [1.29, 1.82) is 0 Å². The van der Waals surface area contributed by atoms with Gasteiger partial charge in [0.1, 0.15) is 5.57 Å². The van der Waals surface area contributed by atoms with Gasteiger partial charge in [0.05, 0.1) is 6.10 Å². The third-order valence-corrected chi connectivity index (χ3v) is 3.71. The second-order valence-corrected chi connectivity index (χ2v) is 6.19. The summed E-state index contributed by atoms with van der Waals surface area (Å²) in [6, 6.07) is 8.52. The lowest BCUT2D eigenvalue weighted by atomic mass is 10.1. The molecule has 0 spiro atoms. The van der Waals surface area contributed by atoms with Gasteiger partial charge in [-0.15, -0.1) is 5.10 Å². The SMILES string of the molecule is CC(C)OC1=NNC(=O)C1=Cc1cn(C(C)C)c2ccccc12. The fourth-order valence-corrected chi connectivity index (χ4v) is 2.69. The monoisotopic (exact) mass is 311 g/mol. The first-order valence-corrected chi connectivity index (χ1v) is 7.83. The van der Waals surface area contributed by atoms with Crippen LogP contribution < -0.4 is 5.43 Å². The van der Waals surface area contributed by atoms with E-state index in [0.717, 1.165) is 16.5 Å². The summed E-state index contributed by atoms with van der Waals surface area (Å²) >= 11 is 0. The van der Waals surface area contributed by atoms with Gasteiger partial charge < -0.3 is 9.30 Å². The molecule has 1 aromatic carbocycles. The molecule has 0 radical (unpaired) electrons. The Morgan fingerprint density at radius 3 is 2.65 bits per heavy atom. The average molecular weight is 311 g/mol. The summed E-state index contributed by atoms with van der Waals surface area (Å²) in [5.74, 6) is 0.119. The summed E-state index contributed by atoms with van der Waals surface area (Å²) in [5, 5.41) is 5.08. The Kier molecular flexibility index (Phi) is 3.94. The normalized spacial score (nSPS) is 16.5. The Morgan fingerprint density at radius 1 is 1.22 bits per heavy atom. The Hall–Kier alpha value is -2.56. The van der Waals surface area contributed by atoms with E-state index in [4.69, 9.17) is 4.74 Å². The average Bonchev–Trinajstić information content (AvgIpc) is 3.03. The van der Waals surface area contributed by atoms with Crippen LogP contribution in [0.3, 0.4) is 0 Å². The van der Waals surface area contributed by atoms with E-state index in [1.807, 2.05) is 32.1 Å². The number of nitrogens with one attached hydrogen (secondary N) is 1. The van der Waals surface area contributed by atoms with Crippen LogP contribution in [0.5, 0.6) is 0 Å². The number of para-hydroxylation sites is 1. The zero-order valence-electron chi connectivity index (χ0n) is 13.8. The molecule has 1 amide bonds. The minimum atomic E-state index is -0.234. The van der Waals surface area contributed by atoms with Crippen molar-refractivity contribution < 1.29 is 9.53 Å². The highest BCUT2D eigenvalue weighted by Gasteiger charge is 2.25. The van der Waals surface area contributed by atoms with E-state index in [1.165, 1.54) is 0 Å². The maximum Gasteiger partial charge on any atom is 0.277 e. The van der Waals surface area contributed by atoms with E-state index in [1.54, 1.807) is 0 Å². The van der Waals surface area contributed by atoms with E-state index in [2.05, 4.69) is 47.3 Å². The summed E-state index contributed by atoms with van der Waals surface area (Å²) < 4.78 is 7.83. The van der Waals surface area contributed by atoms with E-state index in [9.17, 15) is 4.79 Å². The molecule has 0 saturated carbocycles. The molecular formula is C18H21N3O2. The van der Waals surface area contributed by atoms with Gasteiger partial charge in [-0.3, -0.25) is 4.79 Å². The van der Waals surface area contributed by atoms with Crippen molar-refractivity contribution in [1.82, 2.24) is 9.99 Å². The third kappa shape index (κ3) is 2.86.